The molecule has 0 unspecified atom stereocenters. The normalized spacial score (nSPS) is 11.8. The van der Waals surface area contributed by atoms with Gasteiger partial charge in [-0.05, 0) is 36.5 Å². The van der Waals surface area contributed by atoms with Gasteiger partial charge in [-0.15, -0.1) is 0 Å². The summed E-state index contributed by atoms with van der Waals surface area (Å²) in [5.41, 5.74) is 0.596. The second-order valence-corrected chi connectivity index (χ2v) is 6.80. The molecule has 6 heteroatoms. The predicted molar refractivity (Wildman–Crippen MR) is 77.4 cm³/mol. The highest BCUT2D eigenvalue weighted by Crippen LogP contribution is 2.19. The molecule has 20 heavy (non-hydrogen) atoms. The molecule has 0 amide bonds. The van der Waals surface area contributed by atoms with Crippen LogP contribution in [-0.2, 0) is 16.4 Å². The molecule has 1 aromatic carbocycles. The molecule has 1 aromatic rings. The Morgan fingerprint density at radius 2 is 2.00 bits per heavy atom. The Morgan fingerprint density at radius 1 is 1.35 bits per heavy atom. The molecular formula is C14H21NO4S. The summed E-state index contributed by atoms with van der Waals surface area (Å²) in [5.74, 6) is -0.736. The number of sulfonamides is 1. The van der Waals surface area contributed by atoms with Crippen LogP contribution in [0.2, 0.25) is 0 Å². The fourth-order valence-electron chi connectivity index (χ4n) is 1.79. The van der Waals surface area contributed by atoms with E-state index in [1.807, 2.05) is 20.8 Å². The molecule has 0 aliphatic carbocycles. The Bertz CT molecular complexity index is 579. The minimum Gasteiger partial charge on any atom is -0.478 e. The van der Waals surface area contributed by atoms with Gasteiger partial charge in [-0.1, -0.05) is 26.8 Å². The van der Waals surface area contributed by atoms with Crippen LogP contribution in [0.1, 0.15) is 43.1 Å². The molecule has 0 aliphatic heterocycles. The van der Waals surface area contributed by atoms with Gasteiger partial charge >= 0.3 is 5.97 Å². The molecule has 1 rings (SSSR count). The van der Waals surface area contributed by atoms with Gasteiger partial charge in [0.2, 0.25) is 10.0 Å². The molecular weight excluding hydrogens is 278 g/mol. The highest BCUT2D eigenvalue weighted by Gasteiger charge is 2.19. The third-order valence-corrected chi connectivity index (χ3v) is 4.54. The molecule has 2 N–H and O–H groups in total. The van der Waals surface area contributed by atoms with Gasteiger partial charge in [0.15, 0.2) is 0 Å². The molecule has 0 atom stereocenters. The topological polar surface area (TPSA) is 83.5 Å². The fraction of sp³-hybridized carbons (Fsp3) is 0.500. The maximum Gasteiger partial charge on any atom is 0.335 e. The second kappa shape index (κ2) is 6.85. The van der Waals surface area contributed by atoms with E-state index < -0.39 is 16.0 Å². The molecule has 0 aliphatic rings. The summed E-state index contributed by atoms with van der Waals surface area (Å²) in [6.07, 6.45) is 1.26. The first-order valence-electron chi connectivity index (χ1n) is 6.63. The van der Waals surface area contributed by atoms with E-state index >= 15 is 0 Å². The van der Waals surface area contributed by atoms with Gasteiger partial charge in [-0.3, -0.25) is 0 Å². The van der Waals surface area contributed by atoms with Crippen LogP contribution in [0.5, 0.6) is 0 Å². The minimum atomic E-state index is -3.67. The lowest BCUT2D eigenvalue weighted by atomic mass is 10.1. The van der Waals surface area contributed by atoms with E-state index in [9.17, 15) is 13.2 Å². The predicted octanol–water partition coefficient (Wildman–Crippen LogP) is 2.27. The Morgan fingerprint density at radius 3 is 2.50 bits per heavy atom. The highest BCUT2D eigenvalue weighted by molar-refractivity contribution is 7.89. The largest absolute Gasteiger partial charge is 0.478 e. The van der Waals surface area contributed by atoms with Gasteiger partial charge in [0.05, 0.1) is 10.5 Å². The smallest absolute Gasteiger partial charge is 0.335 e. The van der Waals surface area contributed by atoms with Crippen molar-refractivity contribution in [2.45, 2.75) is 38.5 Å². The molecule has 112 valence electrons. The van der Waals surface area contributed by atoms with Crippen LogP contribution in [0.15, 0.2) is 23.1 Å². The van der Waals surface area contributed by atoms with Gasteiger partial charge in [-0.25, -0.2) is 17.9 Å². The van der Waals surface area contributed by atoms with Crippen LogP contribution in [0.3, 0.4) is 0 Å². The summed E-state index contributed by atoms with van der Waals surface area (Å²) in [6.45, 7) is 6.21. The number of benzene rings is 1. The summed E-state index contributed by atoms with van der Waals surface area (Å²) in [5, 5.41) is 8.97. The van der Waals surface area contributed by atoms with Crippen LogP contribution in [-0.4, -0.2) is 26.0 Å². The third-order valence-electron chi connectivity index (χ3n) is 3.00. The average Bonchev–Trinajstić information content (AvgIpc) is 2.37. The van der Waals surface area contributed by atoms with Crippen molar-refractivity contribution in [2.24, 2.45) is 5.92 Å². The van der Waals surface area contributed by atoms with E-state index in [0.717, 1.165) is 6.42 Å². The standard InChI is InChI=1S/C14H21NO4S/c1-4-11-5-6-12(14(16)17)9-13(11)20(18,19)15-8-7-10(2)3/h5-6,9-10,15H,4,7-8H2,1-3H3,(H,16,17). The summed E-state index contributed by atoms with van der Waals surface area (Å²) < 4.78 is 27.1. The number of hydrogen-bond donors (Lipinski definition) is 2. The number of aromatic carboxylic acids is 1. The summed E-state index contributed by atoms with van der Waals surface area (Å²) in [6, 6.07) is 4.20. The van der Waals surface area contributed by atoms with Gasteiger partial charge < -0.3 is 5.11 Å². The van der Waals surface area contributed by atoms with Gasteiger partial charge in [-0.2, -0.15) is 0 Å². The lowest BCUT2D eigenvalue weighted by Crippen LogP contribution is -2.26. The Balaban J connectivity index is 3.08. The minimum absolute atomic E-state index is 0.0218. The summed E-state index contributed by atoms with van der Waals surface area (Å²) in [4.78, 5) is 11.0. The maximum absolute atomic E-state index is 12.3. The zero-order valence-corrected chi connectivity index (χ0v) is 12.8. The first-order valence-corrected chi connectivity index (χ1v) is 8.12. The lowest BCUT2D eigenvalue weighted by molar-refractivity contribution is 0.0696. The number of carboxylic acids is 1. The van der Waals surface area contributed by atoms with E-state index in [4.69, 9.17) is 5.11 Å². The molecule has 0 fully saturated rings. The van der Waals surface area contributed by atoms with Crippen molar-refractivity contribution in [3.8, 4) is 0 Å². The quantitative estimate of drug-likeness (QED) is 0.809. The Labute approximate surface area is 120 Å². The van der Waals surface area contributed by atoms with Crippen LogP contribution in [0.25, 0.3) is 0 Å². The molecule has 0 bridgehead atoms. The van der Waals surface area contributed by atoms with Crippen molar-refractivity contribution in [1.82, 2.24) is 4.72 Å². The first-order chi connectivity index (χ1) is 9.27. The monoisotopic (exact) mass is 299 g/mol. The molecule has 0 saturated carbocycles. The summed E-state index contributed by atoms with van der Waals surface area (Å²) in [7, 11) is -3.67. The van der Waals surface area contributed by atoms with Crippen LogP contribution in [0.4, 0.5) is 0 Å². The van der Waals surface area contributed by atoms with Crippen molar-refractivity contribution in [1.29, 1.82) is 0 Å². The van der Waals surface area contributed by atoms with Crippen molar-refractivity contribution >= 4 is 16.0 Å². The first kappa shape index (κ1) is 16.7. The fourth-order valence-corrected chi connectivity index (χ4v) is 3.17. The number of aryl methyl sites for hydroxylation is 1. The third kappa shape index (κ3) is 4.31. The number of hydrogen-bond acceptors (Lipinski definition) is 3. The maximum atomic E-state index is 12.3. The molecule has 5 nitrogen and oxygen atoms in total. The van der Waals surface area contributed by atoms with Crippen LogP contribution in [0, 0.1) is 5.92 Å². The van der Waals surface area contributed by atoms with Crippen LogP contribution < -0.4 is 4.72 Å². The van der Waals surface area contributed by atoms with Crippen molar-refractivity contribution in [3.05, 3.63) is 29.3 Å². The zero-order chi connectivity index (χ0) is 15.3. The SMILES string of the molecule is CCc1ccc(C(=O)O)cc1S(=O)(=O)NCCC(C)C. The number of rotatable bonds is 7. The molecule has 0 saturated heterocycles. The molecule has 0 heterocycles. The van der Waals surface area contributed by atoms with E-state index in [0.29, 0.717) is 24.4 Å². The lowest BCUT2D eigenvalue weighted by Gasteiger charge is -2.12. The number of carboxylic acid groups (broad SMARTS) is 1. The van der Waals surface area contributed by atoms with Gasteiger partial charge in [0.1, 0.15) is 0 Å². The molecule has 0 aromatic heterocycles. The average molecular weight is 299 g/mol. The number of nitrogens with one attached hydrogen (secondary N) is 1. The molecule has 0 spiro atoms. The summed E-state index contributed by atoms with van der Waals surface area (Å²) >= 11 is 0. The van der Waals surface area contributed by atoms with E-state index in [1.165, 1.54) is 12.1 Å². The van der Waals surface area contributed by atoms with E-state index in [-0.39, 0.29) is 10.5 Å². The Kier molecular flexibility index (Phi) is 5.71. The van der Waals surface area contributed by atoms with E-state index in [2.05, 4.69) is 4.72 Å². The number of carbonyl (C=O) groups is 1. The zero-order valence-electron chi connectivity index (χ0n) is 12.0. The van der Waals surface area contributed by atoms with Gasteiger partial charge in [0.25, 0.3) is 0 Å². The highest BCUT2D eigenvalue weighted by atomic mass is 32.2. The van der Waals surface area contributed by atoms with Crippen molar-refractivity contribution in [3.63, 3.8) is 0 Å². The van der Waals surface area contributed by atoms with Crippen molar-refractivity contribution in [2.75, 3.05) is 6.54 Å². The van der Waals surface area contributed by atoms with Crippen molar-refractivity contribution < 1.29 is 18.3 Å². The second-order valence-electron chi connectivity index (χ2n) is 5.06. The van der Waals surface area contributed by atoms with Gasteiger partial charge in [0, 0.05) is 6.54 Å². The Hall–Kier alpha value is -1.40. The van der Waals surface area contributed by atoms with E-state index in [1.54, 1.807) is 6.07 Å². The molecule has 0 radical (unpaired) electrons. The van der Waals surface area contributed by atoms with Crippen LogP contribution >= 0.6 is 0 Å².